The largest absolute Gasteiger partial charge is 0.508 e. The zero-order chi connectivity index (χ0) is 36.8. The molecule has 0 saturated carbocycles. The summed E-state index contributed by atoms with van der Waals surface area (Å²) in [4.78, 5) is 48.5. The Hall–Kier alpha value is -3.54. The molecule has 0 aliphatic heterocycles. The molecule has 0 bridgehead atoms. The van der Waals surface area contributed by atoms with E-state index in [1.165, 1.54) is 18.9 Å². The zero-order valence-corrected chi connectivity index (χ0v) is 31.8. The number of Topliss-reactive ketones (excluding diaryl/α,β-unsaturated/α-hetero) is 3. The number of hydrogen-bond donors (Lipinski definition) is 2. The average molecular weight is 649 g/mol. The Labute approximate surface area is 284 Å². The van der Waals surface area contributed by atoms with Gasteiger partial charge in [0.1, 0.15) is 11.5 Å². The predicted octanol–water partition coefficient (Wildman–Crippen LogP) is 9.94. The number of aromatic hydroxyl groups is 2. The molecule has 0 atom stereocenters. The summed E-state index contributed by atoms with van der Waals surface area (Å²) in [6.45, 7) is 28.8. The normalized spacial score (nSPS) is 16.2. The molecule has 2 aliphatic rings. The van der Waals surface area contributed by atoms with Gasteiger partial charge in [0.05, 0.1) is 0 Å². The highest BCUT2D eigenvalue weighted by Crippen LogP contribution is 2.38. The first kappa shape index (κ1) is 41.5. The number of hydrogen-bond acceptors (Lipinski definition) is 6. The molecule has 0 heterocycles. The Kier molecular flexibility index (Phi) is 14.2. The number of phenolic OH excluding ortho intramolecular Hbond substituents is 2. The van der Waals surface area contributed by atoms with Gasteiger partial charge in [0, 0.05) is 44.6 Å². The fraction of sp³-hybridized carbons (Fsp3) is 0.561. The van der Waals surface area contributed by atoms with Crippen molar-refractivity contribution >= 4 is 23.1 Å². The van der Waals surface area contributed by atoms with Crippen molar-refractivity contribution in [3.05, 3.63) is 68.3 Å². The molecule has 2 aliphatic carbocycles. The molecule has 0 spiro atoms. The molecule has 0 amide bonds. The Morgan fingerprint density at radius 1 is 0.596 bits per heavy atom. The molecule has 0 fully saturated rings. The highest BCUT2D eigenvalue weighted by atomic mass is 16.3. The summed E-state index contributed by atoms with van der Waals surface area (Å²) in [7, 11) is 0. The highest BCUT2D eigenvalue weighted by molar-refractivity contribution is 6.25. The lowest BCUT2D eigenvalue weighted by atomic mass is 9.72. The molecule has 260 valence electrons. The van der Waals surface area contributed by atoms with Crippen LogP contribution in [0.25, 0.3) is 0 Å². The summed E-state index contributed by atoms with van der Waals surface area (Å²) < 4.78 is 0. The zero-order valence-electron chi connectivity index (χ0n) is 31.8. The van der Waals surface area contributed by atoms with E-state index in [0.717, 1.165) is 36.0 Å². The van der Waals surface area contributed by atoms with E-state index >= 15 is 0 Å². The van der Waals surface area contributed by atoms with Gasteiger partial charge in [-0.15, -0.1) is 0 Å². The maximum Gasteiger partial charge on any atom is 0.186 e. The number of carbonyl (C=O) groups excluding carboxylic acids is 4. The molecule has 0 radical (unpaired) electrons. The Morgan fingerprint density at radius 2 is 1.11 bits per heavy atom. The van der Waals surface area contributed by atoms with Crippen molar-refractivity contribution in [2.45, 2.75) is 141 Å². The maximum absolute atomic E-state index is 12.6. The first-order chi connectivity index (χ1) is 21.3. The smallest absolute Gasteiger partial charge is 0.186 e. The second-order valence-electron chi connectivity index (χ2n) is 16.0. The first-order valence-corrected chi connectivity index (χ1v) is 16.8. The van der Waals surface area contributed by atoms with E-state index in [0.29, 0.717) is 33.4 Å². The topological polar surface area (TPSA) is 109 Å². The predicted molar refractivity (Wildman–Crippen MR) is 193 cm³/mol. The van der Waals surface area contributed by atoms with Crippen LogP contribution >= 0.6 is 0 Å². The van der Waals surface area contributed by atoms with Gasteiger partial charge >= 0.3 is 0 Å². The van der Waals surface area contributed by atoms with E-state index in [1.807, 2.05) is 62.3 Å². The molecule has 1 aromatic carbocycles. The molecule has 0 saturated heterocycles. The summed E-state index contributed by atoms with van der Waals surface area (Å²) >= 11 is 0. The van der Waals surface area contributed by atoms with Crippen LogP contribution in [0.3, 0.4) is 0 Å². The van der Waals surface area contributed by atoms with E-state index in [1.54, 1.807) is 46.8 Å². The van der Waals surface area contributed by atoms with Crippen LogP contribution in [-0.4, -0.2) is 33.3 Å². The van der Waals surface area contributed by atoms with Crippen LogP contribution in [0.2, 0.25) is 0 Å². The third kappa shape index (κ3) is 10.7. The molecule has 6 heteroatoms. The van der Waals surface area contributed by atoms with Crippen molar-refractivity contribution in [1.82, 2.24) is 0 Å². The second-order valence-corrected chi connectivity index (χ2v) is 16.0. The van der Waals surface area contributed by atoms with Crippen LogP contribution in [0.4, 0.5) is 0 Å². The van der Waals surface area contributed by atoms with Gasteiger partial charge < -0.3 is 10.2 Å². The molecule has 6 nitrogen and oxygen atoms in total. The van der Waals surface area contributed by atoms with E-state index in [-0.39, 0.29) is 50.9 Å². The van der Waals surface area contributed by atoms with Crippen LogP contribution < -0.4 is 0 Å². The van der Waals surface area contributed by atoms with E-state index < -0.39 is 0 Å². The van der Waals surface area contributed by atoms with Crippen molar-refractivity contribution in [3.8, 4) is 11.5 Å². The highest BCUT2D eigenvalue weighted by Gasteiger charge is 2.36. The lowest BCUT2D eigenvalue weighted by molar-refractivity contribution is -0.117. The van der Waals surface area contributed by atoms with Crippen molar-refractivity contribution in [1.29, 1.82) is 0 Å². The quantitative estimate of drug-likeness (QED) is 0.187. The lowest BCUT2D eigenvalue weighted by Gasteiger charge is -2.29. The summed E-state index contributed by atoms with van der Waals surface area (Å²) in [6, 6.07) is 3.17. The minimum absolute atomic E-state index is 0.00889. The number of unbranched alkanes of at least 4 members (excludes halogenated alkanes) is 3. The maximum atomic E-state index is 12.6. The third-order valence-electron chi connectivity index (χ3n) is 8.77. The van der Waals surface area contributed by atoms with Gasteiger partial charge in [0.25, 0.3) is 0 Å². The van der Waals surface area contributed by atoms with Crippen molar-refractivity contribution < 1.29 is 29.4 Å². The van der Waals surface area contributed by atoms with Crippen molar-refractivity contribution in [2.75, 3.05) is 0 Å². The first-order valence-electron chi connectivity index (χ1n) is 16.8. The fourth-order valence-corrected chi connectivity index (χ4v) is 5.52. The molecule has 0 unspecified atom stereocenters. The third-order valence-corrected chi connectivity index (χ3v) is 8.77. The number of phenols is 2. The fourth-order valence-electron chi connectivity index (χ4n) is 5.52. The molecular weight excluding hydrogens is 588 g/mol. The van der Waals surface area contributed by atoms with Gasteiger partial charge in [-0.1, -0.05) is 88.5 Å². The molecule has 3 rings (SSSR count). The van der Waals surface area contributed by atoms with Crippen LogP contribution in [-0.2, 0) is 24.6 Å². The van der Waals surface area contributed by atoms with E-state index in [9.17, 15) is 29.4 Å². The van der Waals surface area contributed by atoms with Gasteiger partial charge in [-0.2, -0.15) is 0 Å². The van der Waals surface area contributed by atoms with Gasteiger partial charge in [0.2, 0.25) is 0 Å². The Morgan fingerprint density at radius 3 is 1.57 bits per heavy atom. The summed E-state index contributed by atoms with van der Waals surface area (Å²) in [5.41, 5.74) is 5.36. The number of allylic oxidation sites excluding steroid dienone is 8. The summed E-state index contributed by atoms with van der Waals surface area (Å²) in [5, 5.41) is 19.1. The SMILES string of the molecule is CC1=C(C)C(=O)C(C(C)(C)C)=CC1=O.CCCCCCC1=C(C(C)(C)C)C(=O)C(C)=C(C)C1=O.Cc1cc(O)cc(C(C)(C)C)c1O. The minimum atomic E-state index is -0.269. The second kappa shape index (κ2) is 16.0. The minimum Gasteiger partial charge on any atom is -0.508 e. The molecule has 1 aromatic rings. The molecule has 47 heavy (non-hydrogen) atoms. The number of aryl methyl sites for hydroxylation is 1. The average Bonchev–Trinajstić information content (AvgIpc) is 2.94. The van der Waals surface area contributed by atoms with E-state index in [4.69, 9.17) is 0 Å². The lowest BCUT2D eigenvalue weighted by Crippen LogP contribution is -2.29. The Balaban J connectivity index is 0.000000364. The van der Waals surface area contributed by atoms with Gasteiger partial charge in [-0.25, -0.2) is 0 Å². The van der Waals surface area contributed by atoms with Crippen molar-refractivity contribution in [2.24, 2.45) is 10.8 Å². The molecule has 0 aromatic heterocycles. The van der Waals surface area contributed by atoms with Crippen LogP contribution in [0.5, 0.6) is 11.5 Å². The van der Waals surface area contributed by atoms with Crippen LogP contribution in [0.1, 0.15) is 140 Å². The Bertz CT molecular complexity index is 1520. The molecule has 2 N–H and O–H groups in total. The van der Waals surface area contributed by atoms with Gasteiger partial charge in [0.15, 0.2) is 23.1 Å². The standard InChI is InChI=1S/C18H28O2.C12H16O2.C11H16O2/c1-7-8-9-10-11-14-15(18(4,5)6)17(20)13(3)12(2)16(14)19;1-7-8(2)11(14)9(6-10(7)13)12(3,4)5;1-7-5-8(12)6-9(10(7)13)11(2,3)4/h7-11H2,1-6H3;6H,1-5H3;5-6,12-13H,1-4H3. The summed E-state index contributed by atoms with van der Waals surface area (Å²) in [5.74, 6) is 0.621. The van der Waals surface area contributed by atoms with Crippen LogP contribution in [0.15, 0.2) is 57.2 Å². The van der Waals surface area contributed by atoms with E-state index in [2.05, 4.69) is 6.92 Å². The number of benzene rings is 1. The van der Waals surface area contributed by atoms with Crippen LogP contribution in [0, 0.1) is 17.8 Å². The summed E-state index contributed by atoms with van der Waals surface area (Å²) in [6.07, 6.45) is 6.70. The number of carbonyl (C=O) groups is 4. The monoisotopic (exact) mass is 648 g/mol. The van der Waals surface area contributed by atoms with Gasteiger partial charge in [-0.05, 0) is 87.5 Å². The molecular formula is C41H60O6. The number of rotatable bonds is 5. The van der Waals surface area contributed by atoms with Gasteiger partial charge in [-0.3, -0.25) is 19.2 Å². The van der Waals surface area contributed by atoms with Crippen molar-refractivity contribution in [3.63, 3.8) is 0 Å². The number of ketones is 4.